The second kappa shape index (κ2) is 12.1. The number of ether oxygens (including phenoxy) is 1. The summed E-state index contributed by atoms with van der Waals surface area (Å²) >= 11 is 3.44. The quantitative estimate of drug-likeness (QED) is 0.276. The molecule has 1 saturated carbocycles. The maximum Gasteiger partial charge on any atom is 0.407 e. The number of benzene rings is 1. The van der Waals surface area contributed by atoms with E-state index in [2.05, 4.69) is 41.8 Å². The summed E-state index contributed by atoms with van der Waals surface area (Å²) in [5.41, 5.74) is 0.382. The number of halogens is 1. The lowest BCUT2D eigenvalue weighted by Gasteiger charge is -2.29. The minimum Gasteiger partial charge on any atom is -0.444 e. The van der Waals surface area contributed by atoms with Gasteiger partial charge in [0.2, 0.25) is 11.8 Å². The molecule has 1 aliphatic carbocycles. The van der Waals surface area contributed by atoms with E-state index in [4.69, 9.17) is 4.74 Å². The summed E-state index contributed by atoms with van der Waals surface area (Å²) < 4.78 is 6.26. The molecule has 1 aromatic carbocycles. The molecule has 1 fully saturated rings. The maximum atomic E-state index is 11.9. The summed E-state index contributed by atoms with van der Waals surface area (Å²) in [6.45, 7) is 7.21. The molecular weight excluding hydrogens is 516 g/mol. The van der Waals surface area contributed by atoms with E-state index in [1.165, 1.54) is 6.20 Å². The number of hydrogen-bond acceptors (Lipinski definition) is 8. The van der Waals surface area contributed by atoms with Gasteiger partial charge in [-0.25, -0.2) is 9.78 Å². The van der Waals surface area contributed by atoms with Crippen LogP contribution in [0.15, 0.2) is 34.9 Å². The van der Waals surface area contributed by atoms with Gasteiger partial charge in [0.25, 0.3) is 0 Å². The van der Waals surface area contributed by atoms with Crippen molar-refractivity contribution < 1.29 is 14.5 Å². The Morgan fingerprint density at radius 2 is 1.86 bits per heavy atom. The molecule has 3 N–H and O–H groups in total. The van der Waals surface area contributed by atoms with Gasteiger partial charge in [-0.2, -0.15) is 4.98 Å². The van der Waals surface area contributed by atoms with Crippen molar-refractivity contribution in [3.8, 4) is 0 Å². The highest BCUT2D eigenvalue weighted by molar-refractivity contribution is 9.10. The molecule has 0 saturated heterocycles. The fraction of sp³-hybridized carbons (Fsp3) is 0.542. The van der Waals surface area contributed by atoms with Gasteiger partial charge >= 0.3 is 11.8 Å². The normalized spacial score (nSPS) is 17.9. The zero-order chi connectivity index (χ0) is 25.4. The van der Waals surface area contributed by atoms with E-state index in [1.54, 1.807) is 0 Å². The zero-order valence-corrected chi connectivity index (χ0v) is 21.9. The Kier molecular flexibility index (Phi) is 9.25. The number of hydrogen-bond donors (Lipinski definition) is 3. The number of anilines is 2. The minimum absolute atomic E-state index is 0.145. The largest absolute Gasteiger partial charge is 0.444 e. The summed E-state index contributed by atoms with van der Waals surface area (Å²) in [5.74, 6) is 1.33. The predicted octanol–water partition coefficient (Wildman–Crippen LogP) is 5.50. The molecule has 3 rings (SSSR count). The first kappa shape index (κ1) is 26.7. The van der Waals surface area contributed by atoms with Crippen LogP contribution in [0, 0.1) is 22.0 Å². The fourth-order valence-corrected chi connectivity index (χ4v) is 4.42. The van der Waals surface area contributed by atoms with Gasteiger partial charge in [0.1, 0.15) is 11.8 Å². The lowest BCUT2D eigenvalue weighted by atomic mass is 9.82. The topological polar surface area (TPSA) is 131 Å². The van der Waals surface area contributed by atoms with Crippen molar-refractivity contribution in [3.63, 3.8) is 0 Å². The summed E-state index contributed by atoms with van der Waals surface area (Å²) in [5, 5.41) is 20.6. The molecule has 1 heterocycles. The SMILES string of the molecule is CC(C)(C)OC(=O)NC[C@H]1CC[C@H](CNc2nc(NCc3cccc(Br)c3)ncc2[N+](=O)[O-])CC1. The number of nitrogens with zero attached hydrogens (tertiary/aromatic N) is 3. The van der Waals surface area contributed by atoms with Crippen LogP contribution in [0.5, 0.6) is 0 Å². The fourth-order valence-electron chi connectivity index (χ4n) is 3.97. The number of rotatable bonds is 9. The average molecular weight is 549 g/mol. The molecule has 0 unspecified atom stereocenters. The summed E-state index contributed by atoms with van der Waals surface area (Å²) in [7, 11) is 0. The number of carbonyl (C=O) groups is 1. The monoisotopic (exact) mass is 548 g/mol. The van der Waals surface area contributed by atoms with Crippen LogP contribution in [0.3, 0.4) is 0 Å². The molecule has 11 heteroatoms. The third-order valence-corrected chi connectivity index (χ3v) is 6.26. The third-order valence-electron chi connectivity index (χ3n) is 5.76. The molecule has 1 amide bonds. The third kappa shape index (κ3) is 8.97. The molecule has 190 valence electrons. The molecule has 0 atom stereocenters. The second-order valence-corrected chi connectivity index (χ2v) is 10.7. The van der Waals surface area contributed by atoms with Gasteiger partial charge < -0.3 is 20.7 Å². The molecule has 0 bridgehead atoms. The maximum absolute atomic E-state index is 11.9. The van der Waals surface area contributed by atoms with Crippen LogP contribution < -0.4 is 16.0 Å². The summed E-state index contributed by atoms with van der Waals surface area (Å²) in [6, 6.07) is 7.84. The number of amides is 1. The highest BCUT2D eigenvalue weighted by Gasteiger charge is 2.24. The number of carbonyl (C=O) groups excluding carboxylic acids is 1. The van der Waals surface area contributed by atoms with E-state index in [-0.39, 0.29) is 17.6 Å². The van der Waals surface area contributed by atoms with E-state index in [0.29, 0.717) is 37.4 Å². The molecule has 35 heavy (non-hydrogen) atoms. The van der Waals surface area contributed by atoms with Crippen molar-refractivity contribution in [2.75, 3.05) is 23.7 Å². The minimum atomic E-state index is -0.509. The highest BCUT2D eigenvalue weighted by atomic mass is 79.9. The van der Waals surface area contributed by atoms with E-state index in [0.717, 1.165) is 35.7 Å². The summed E-state index contributed by atoms with van der Waals surface area (Å²) in [4.78, 5) is 31.3. The van der Waals surface area contributed by atoms with E-state index in [9.17, 15) is 14.9 Å². The Hall–Kier alpha value is -2.95. The lowest BCUT2D eigenvalue weighted by Crippen LogP contribution is -2.36. The Bertz CT molecular complexity index is 1020. The zero-order valence-electron chi connectivity index (χ0n) is 20.3. The van der Waals surface area contributed by atoms with Crippen LogP contribution in [-0.2, 0) is 11.3 Å². The first-order chi connectivity index (χ1) is 16.6. The van der Waals surface area contributed by atoms with Gasteiger partial charge in [-0.15, -0.1) is 0 Å². The summed E-state index contributed by atoms with van der Waals surface area (Å²) in [6.07, 6.45) is 4.75. The molecular formula is C24H33BrN6O4. The predicted molar refractivity (Wildman–Crippen MR) is 138 cm³/mol. The van der Waals surface area contributed by atoms with Gasteiger partial charge in [0.15, 0.2) is 0 Å². The van der Waals surface area contributed by atoms with Gasteiger partial charge in [-0.05, 0) is 76.0 Å². The Morgan fingerprint density at radius 3 is 2.49 bits per heavy atom. The van der Waals surface area contributed by atoms with E-state index in [1.807, 2.05) is 45.0 Å². The first-order valence-electron chi connectivity index (χ1n) is 11.8. The van der Waals surface area contributed by atoms with Crippen LogP contribution in [0.2, 0.25) is 0 Å². The van der Waals surface area contributed by atoms with Crippen LogP contribution in [0.4, 0.5) is 22.2 Å². The molecule has 0 spiro atoms. The Labute approximate surface area is 213 Å². The van der Waals surface area contributed by atoms with Gasteiger partial charge in [0.05, 0.1) is 4.92 Å². The van der Waals surface area contributed by atoms with E-state index >= 15 is 0 Å². The Morgan fingerprint density at radius 1 is 1.17 bits per heavy atom. The molecule has 10 nitrogen and oxygen atoms in total. The van der Waals surface area contributed by atoms with Crippen LogP contribution in [-0.4, -0.2) is 39.7 Å². The highest BCUT2D eigenvalue weighted by Crippen LogP contribution is 2.30. The van der Waals surface area contributed by atoms with E-state index < -0.39 is 10.5 Å². The Balaban J connectivity index is 1.49. The van der Waals surface area contributed by atoms with Crippen molar-refractivity contribution in [3.05, 3.63) is 50.6 Å². The lowest BCUT2D eigenvalue weighted by molar-refractivity contribution is -0.384. The number of nitro groups is 1. The van der Waals surface area contributed by atoms with Crippen molar-refractivity contribution in [2.24, 2.45) is 11.8 Å². The second-order valence-electron chi connectivity index (χ2n) is 9.82. The average Bonchev–Trinajstić information content (AvgIpc) is 2.79. The molecule has 0 aliphatic heterocycles. The van der Waals surface area contributed by atoms with Crippen LogP contribution in [0.25, 0.3) is 0 Å². The standard InChI is InChI=1S/C24H33BrN6O4/c1-24(2,3)35-23(32)29-13-17-9-7-16(8-10-17)12-26-21-20(31(33)34)15-28-22(30-21)27-14-18-5-4-6-19(25)11-18/h4-6,11,15-17H,7-10,12-14H2,1-3H3,(H,29,32)(H2,26,27,28,30)/t16-,17-. The van der Waals surface area contributed by atoms with Crippen molar-refractivity contribution in [2.45, 2.75) is 58.6 Å². The van der Waals surface area contributed by atoms with Gasteiger partial charge in [-0.3, -0.25) is 10.1 Å². The molecule has 1 aliphatic rings. The van der Waals surface area contributed by atoms with Crippen molar-refractivity contribution >= 4 is 39.5 Å². The first-order valence-corrected chi connectivity index (χ1v) is 12.6. The number of nitrogens with one attached hydrogen (secondary N) is 3. The molecule has 1 aromatic heterocycles. The molecule has 0 radical (unpaired) electrons. The van der Waals surface area contributed by atoms with Gasteiger partial charge in [0, 0.05) is 24.1 Å². The van der Waals surface area contributed by atoms with Crippen molar-refractivity contribution in [1.29, 1.82) is 0 Å². The number of alkyl carbamates (subject to hydrolysis) is 1. The number of aromatic nitrogens is 2. The smallest absolute Gasteiger partial charge is 0.407 e. The van der Waals surface area contributed by atoms with Crippen molar-refractivity contribution in [1.82, 2.24) is 15.3 Å². The van der Waals surface area contributed by atoms with Crippen LogP contribution in [0.1, 0.15) is 52.0 Å². The molecule has 2 aromatic rings. The van der Waals surface area contributed by atoms with Gasteiger partial charge in [-0.1, -0.05) is 28.1 Å². The van der Waals surface area contributed by atoms with Crippen LogP contribution >= 0.6 is 15.9 Å².